The monoisotopic (exact) mass is 352 g/mol. The summed E-state index contributed by atoms with van der Waals surface area (Å²) in [5.74, 6) is 0.116. The van der Waals surface area contributed by atoms with Crippen LogP contribution in [0, 0.1) is 5.92 Å². The van der Waals surface area contributed by atoms with Gasteiger partial charge in [0.25, 0.3) is 0 Å². The molecule has 0 unspecified atom stereocenters. The minimum Gasteiger partial charge on any atom is -0.465 e. The van der Waals surface area contributed by atoms with Crippen LogP contribution >= 0.6 is 11.3 Å². The number of esters is 1. The van der Waals surface area contributed by atoms with Crippen LogP contribution in [0.3, 0.4) is 0 Å². The van der Waals surface area contributed by atoms with Gasteiger partial charge >= 0.3 is 5.97 Å². The third-order valence-electron chi connectivity index (χ3n) is 4.77. The van der Waals surface area contributed by atoms with Crippen LogP contribution in [0.2, 0.25) is 0 Å². The number of amides is 1. The van der Waals surface area contributed by atoms with Crippen LogP contribution in [0.25, 0.3) is 0 Å². The van der Waals surface area contributed by atoms with Crippen molar-refractivity contribution >= 4 is 28.2 Å². The molecule has 0 aromatic carbocycles. The van der Waals surface area contributed by atoms with Gasteiger partial charge in [-0.25, -0.2) is 4.79 Å². The smallest absolute Gasteiger partial charge is 0.341 e. The second kappa shape index (κ2) is 7.66. The molecule has 1 aliphatic carbocycles. The van der Waals surface area contributed by atoms with Crippen molar-refractivity contribution in [2.24, 2.45) is 5.92 Å². The highest BCUT2D eigenvalue weighted by Crippen LogP contribution is 2.39. The number of carbonyl (C=O) groups excluding carboxylic acids is 2. The summed E-state index contributed by atoms with van der Waals surface area (Å²) < 4.78 is 4.94. The Kier molecular flexibility index (Phi) is 6.04. The van der Waals surface area contributed by atoms with E-state index < -0.39 is 0 Å². The molecule has 2 N–H and O–H groups in total. The minimum absolute atomic E-state index is 0.0906. The van der Waals surface area contributed by atoms with E-state index in [0.717, 1.165) is 31.2 Å². The molecule has 5 nitrogen and oxygen atoms in total. The zero-order valence-corrected chi connectivity index (χ0v) is 16.1. The van der Waals surface area contributed by atoms with Gasteiger partial charge < -0.3 is 15.4 Å². The van der Waals surface area contributed by atoms with E-state index in [-0.39, 0.29) is 24.0 Å². The standard InChI is InChI=1S/C18H28N2O3S/c1-6-18(3,4)19-10-14(21)20-16-15(17(22)23-5)12-8-7-11(2)9-13(12)24-16/h11,19H,6-10H2,1-5H3,(H,20,21)/t11-/m0/s1. The molecule has 2 rings (SSSR count). The highest BCUT2D eigenvalue weighted by Gasteiger charge is 2.29. The molecule has 0 fully saturated rings. The lowest BCUT2D eigenvalue weighted by Gasteiger charge is -2.24. The van der Waals surface area contributed by atoms with E-state index in [0.29, 0.717) is 16.5 Å². The molecule has 0 spiro atoms. The average molecular weight is 353 g/mol. The second-order valence-corrected chi connectivity index (χ2v) is 8.29. The van der Waals surface area contributed by atoms with Gasteiger partial charge in [-0.2, -0.15) is 0 Å². The summed E-state index contributed by atoms with van der Waals surface area (Å²) in [7, 11) is 1.38. The number of thiophene rings is 1. The van der Waals surface area contributed by atoms with Crippen molar-refractivity contribution in [3.63, 3.8) is 0 Å². The molecule has 1 atom stereocenters. The third-order valence-corrected chi connectivity index (χ3v) is 5.94. The number of methoxy groups -OCH3 is 1. The van der Waals surface area contributed by atoms with E-state index in [1.54, 1.807) is 0 Å². The van der Waals surface area contributed by atoms with E-state index in [4.69, 9.17) is 4.74 Å². The Balaban J connectivity index is 2.17. The first-order valence-corrected chi connectivity index (χ1v) is 9.36. The summed E-state index contributed by atoms with van der Waals surface area (Å²) >= 11 is 1.52. The highest BCUT2D eigenvalue weighted by atomic mass is 32.1. The molecule has 1 amide bonds. The first-order chi connectivity index (χ1) is 11.3. The Morgan fingerprint density at radius 2 is 2.08 bits per heavy atom. The number of rotatable bonds is 6. The van der Waals surface area contributed by atoms with E-state index in [1.165, 1.54) is 23.3 Å². The number of anilines is 1. The van der Waals surface area contributed by atoms with Gasteiger partial charge in [-0.3, -0.25) is 4.79 Å². The van der Waals surface area contributed by atoms with Crippen molar-refractivity contribution in [2.45, 2.75) is 58.9 Å². The molecule has 0 saturated carbocycles. The Bertz CT molecular complexity index is 622. The predicted molar refractivity (Wildman–Crippen MR) is 97.8 cm³/mol. The van der Waals surface area contributed by atoms with Crippen molar-refractivity contribution < 1.29 is 14.3 Å². The van der Waals surface area contributed by atoms with Crippen molar-refractivity contribution in [2.75, 3.05) is 19.0 Å². The molecule has 1 aliphatic rings. The second-order valence-electron chi connectivity index (χ2n) is 7.19. The number of carbonyl (C=O) groups is 2. The molecular weight excluding hydrogens is 324 g/mol. The Morgan fingerprint density at radius 1 is 1.38 bits per heavy atom. The van der Waals surface area contributed by atoms with Crippen LogP contribution in [0.5, 0.6) is 0 Å². The molecule has 6 heteroatoms. The van der Waals surface area contributed by atoms with Crippen LogP contribution in [-0.2, 0) is 22.4 Å². The summed E-state index contributed by atoms with van der Waals surface area (Å²) in [4.78, 5) is 25.7. The molecule has 0 aliphatic heterocycles. The van der Waals surface area contributed by atoms with Crippen LogP contribution in [0.15, 0.2) is 0 Å². The van der Waals surface area contributed by atoms with E-state index in [2.05, 4.69) is 38.3 Å². The number of nitrogens with one attached hydrogen (secondary N) is 2. The zero-order chi connectivity index (χ0) is 17.9. The normalized spacial score (nSPS) is 17.3. The molecular formula is C18H28N2O3S. The van der Waals surface area contributed by atoms with Gasteiger partial charge in [0.1, 0.15) is 5.00 Å². The Hall–Kier alpha value is -1.40. The first kappa shape index (κ1) is 18.9. The van der Waals surface area contributed by atoms with E-state index in [9.17, 15) is 9.59 Å². The van der Waals surface area contributed by atoms with Crippen molar-refractivity contribution in [1.29, 1.82) is 0 Å². The van der Waals surface area contributed by atoms with Gasteiger partial charge in [0.2, 0.25) is 5.91 Å². The fourth-order valence-corrected chi connectivity index (χ4v) is 4.19. The summed E-state index contributed by atoms with van der Waals surface area (Å²) in [5, 5.41) is 6.77. The predicted octanol–water partition coefficient (Wildman–Crippen LogP) is 3.38. The Labute approximate surface area is 148 Å². The van der Waals surface area contributed by atoms with Gasteiger partial charge in [-0.15, -0.1) is 11.3 Å². The fraction of sp³-hybridized carbons (Fsp3) is 0.667. The fourth-order valence-electron chi connectivity index (χ4n) is 2.77. The van der Waals surface area contributed by atoms with E-state index >= 15 is 0 Å². The van der Waals surface area contributed by atoms with Crippen molar-refractivity contribution in [3.8, 4) is 0 Å². The van der Waals surface area contributed by atoms with Gasteiger partial charge in [0.15, 0.2) is 0 Å². The maximum Gasteiger partial charge on any atom is 0.341 e. The lowest BCUT2D eigenvalue weighted by Crippen LogP contribution is -2.43. The zero-order valence-electron chi connectivity index (χ0n) is 15.2. The van der Waals surface area contributed by atoms with Crippen LogP contribution in [0.4, 0.5) is 5.00 Å². The SMILES string of the molecule is CCC(C)(C)NCC(=O)Nc1sc2c(c1C(=O)OC)CC[C@H](C)C2. The topological polar surface area (TPSA) is 67.4 Å². The van der Waals surface area contributed by atoms with Gasteiger partial charge in [0, 0.05) is 10.4 Å². The molecule has 0 saturated heterocycles. The van der Waals surface area contributed by atoms with Crippen LogP contribution < -0.4 is 10.6 Å². The minimum atomic E-state index is -0.362. The van der Waals surface area contributed by atoms with Crippen molar-refractivity contribution in [1.82, 2.24) is 5.32 Å². The summed E-state index contributed by atoms with van der Waals surface area (Å²) in [6.45, 7) is 8.64. The lowest BCUT2D eigenvalue weighted by atomic mass is 9.88. The van der Waals surface area contributed by atoms with Gasteiger partial charge in [0.05, 0.1) is 19.2 Å². The maximum atomic E-state index is 12.3. The summed E-state index contributed by atoms with van der Waals surface area (Å²) in [6, 6.07) is 0. The molecule has 1 aromatic heterocycles. The number of hydrogen-bond acceptors (Lipinski definition) is 5. The van der Waals surface area contributed by atoms with Crippen molar-refractivity contribution in [3.05, 3.63) is 16.0 Å². The number of fused-ring (bicyclic) bond motifs is 1. The number of ether oxygens (including phenoxy) is 1. The molecule has 0 radical (unpaired) electrons. The highest BCUT2D eigenvalue weighted by molar-refractivity contribution is 7.17. The van der Waals surface area contributed by atoms with E-state index in [1.807, 2.05) is 0 Å². The third kappa shape index (κ3) is 4.36. The quantitative estimate of drug-likeness (QED) is 0.770. The van der Waals surface area contributed by atoms with Gasteiger partial charge in [-0.05, 0) is 51.0 Å². The maximum absolute atomic E-state index is 12.3. The molecule has 134 valence electrons. The summed E-state index contributed by atoms with van der Waals surface area (Å²) in [6.07, 6.45) is 3.82. The number of hydrogen-bond donors (Lipinski definition) is 2. The molecule has 24 heavy (non-hydrogen) atoms. The average Bonchev–Trinajstić information content (AvgIpc) is 2.89. The molecule has 0 bridgehead atoms. The first-order valence-electron chi connectivity index (χ1n) is 8.55. The summed E-state index contributed by atoms with van der Waals surface area (Å²) in [5.41, 5.74) is 1.52. The van der Waals surface area contributed by atoms with Crippen LogP contribution in [-0.4, -0.2) is 31.1 Å². The van der Waals surface area contributed by atoms with Gasteiger partial charge in [-0.1, -0.05) is 13.8 Å². The molecule has 1 heterocycles. The lowest BCUT2D eigenvalue weighted by molar-refractivity contribution is -0.115. The molecule has 1 aromatic rings. The Morgan fingerprint density at radius 3 is 2.71 bits per heavy atom. The largest absolute Gasteiger partial charge is 0.465 e. The van der Waals surface area contributed by atoms with Crippen LogP contribution in [0.1, 0.15) is 61.3 Å².